The van der Waals surface area contributed by atoms with Crippen molar-refractivity contribution in [1.29, 1.82) is 0 Å². The van der Waals surface area contributed by atoms with E-state index in [2.05, 4.69) is 4.98 Å². The van der Waals surface area contributed by atoms with Gasteiger partial charge in [-0.25, -0.2) is 4.98 Å². The minimum absolute atomic E-state index is 0.303. The highest BCUT2D eigenvalue weighted by atomic mass is 16.3. The minimum Gasteiger partial charge on any atom is -0.393 e. The lowest BCUT2D eigenvalue weighted by molar-refractivity contribution is 0.186. The third-order valence-electron chi connectivity index (χ3n) is 2.53. The maximum atomic E-state index is 9.46. The molecule has 0 saturated carbocycles. The zero-order valence-corrected chi connectivity index (χ0v) is 10.1. The summed E-state index contributed by atoms with van der Waals surface area (Å²) in [6, 6.07) is 3.67. The monoisotopic (exact) mass is 224 g/mol. The molecule has 0 aliphatic carbocycles. The topological polar surface area (TPSA) is 56.6 Å². The molecule has 0 aliphatic heterocycles. The van der Waals surface area contributed by atoms with Crippen LogP contribution >= 0.6 is 0 Å². The molecule has 4 heteroatoms. The normalized spacial score (nSPS) is 14.6. The van der Waals surface area contributed by atoms with E-state index < -0.39 is 6.10 Å². The second-order valence-electron chi connectivity index (χ2n) is 4.18. The molecule has 1 rings (SSSR count). The van der Waals surface area contributed by atoms with Gasteiger partial charge in [-0.2, -0.15) is 0 Å². The maximum absolute atomic E-state index is 9.46. The number of nitrogens with zero attached hydrogens (tertiary/aromatic N) is 2. The lowest BCUT2D eigenvalue weighted by atomic mass is 10.1. The summed E-state index contributed by atoms with van der Waals surface area (Å²) in [6.07, 6.45) is 1.61. The van der Waals surface area contributed by atoms with E-state index in [9.17, 15) is 10.2 Å². The molecule has 0 amide bonds. The van der Waals surface area contributed by atoms with Gasteiger partial charge in [0.25, 0.3) is 0 Å². The van der Waals surface area contributed by atoms with Gasteiger partial charge in [0.2, 0.25) is 0 Å². The van der Waals surface area contributed by atoms with Gasteiger partial charge in [0.1, 0.15) is 5.82 Å². The van der Waals surface area contributed by atoms with Crippen LogP contribution in [0.1, 0.15) is 31.9 Å². The van der Waals surface area contributed by atoms with E-state index in [4.69, 9.17) is 0 Å². The fraction of sp³-hybridized carbons (Fsp3) is 0.583. The molecular formula is C12H20N2O2. The Morgan fingerprint density at radius 2 is 2.06 bits per heavy atom. The summed E-state index contributed by atoms with van der Waals surface area (Å²) < 4.78 is 0. The standard InChI is InChI=1S/C12H20N2O2/c1-9(15)5-7-14(3)12-8-11(10(2)16)4-6-13-12/h4,6,8-10,15-16H,5,7H2,1-3H3/t9?,10-/m1/s1. The Hall–Kier alpha value is -1.13. The summed E-state index contributed by atoms with van der Waals surface area (Å²) in [6.45, 7) is 4.25. The van der Waals surface area contributed by atoms with Crippen LogP contribution in [0.4, 0.5) is 5.82 Å². The van der Waals surface area contributed by atoms with Gasteiger partial charge in [-0.1, -0.05) is 0 Å². The summed E-state index contributed by atoms with van der Waals surface area (Å²) >= 11 is 0. The van der Waals surface area contributed by atoms with Gasteiger partial charge in [0, 0.05) is 19.8 Å². The summed E-state index contributed by atoms with van der Waals surface area (Å²) in [4.78, 5) is 6.20. The van der Waals surface area contributed by atoms with Gasteiger partial charge in [-0.05, 0) is 38.0 Å². The summed E-state index contributed by atoms with van der Waals surface area (Å²) in [5.74, 6) is 0.819. The van der Waals surface area contributed by atoms with Gasteiger partial charge in [0.15, 0.2) is 0 Å². The molecule has 90 valence electrons. The van der Waals surface area contributed by atoms with Crippen LogP contribution in [0.15, 0.2) is 18.3 Å². The Morgan fingerprint density at radius 3 is 2.62 bits per heavy atom. The Morgan fingerprint density at radius 1 is 1.38 bits per heavy atom. The first kappa shape index (κ1) is 12.9. The third-order valence-corrected chi connectivity index (χ3v) is 2.53. The van der Waals surface area contributed by atoms with Gasteiger partial charge in [-0.3, -0.25) is 0 Å². The number of hydrogen-bond acceptors (Lipinski definition) is 4. The van der Waals surface area contributed by atoms with Crippen LogP contribution < -0.4 is 4.90 Å². The molecule has 0 radical (unpaired) electrons. The first-order valence-corrected chi connectivity index (χ1v) is 5.54. The molecule has 1 heterocycles. The smallest absolute Gasteiger partial charge is 0.128 e. The molecule has 0 aromatic carbocycles. The minimum atomic E-state index is -0.480. The zero-order chi connectivity index (χ0) is 12.1. The highest BCUT2D eigenvalue weighted by Gasteiger charge is 2.07. The van der Waals surface area contributed by atoms with Crippen molar-refractivity contribution in [2.24, 2.45) is 0 Å². The van der Waals surface area contributed by atoms with Gasteiger partial charge < -0.3 is 15.1 Å². The lowest BCUT2D eigenvalue weighted by Crippen LogP contribution is -2.22. The number of pyridine rings is 1. The largest absolute Gasteiger partial charge is 0.393 e. The van der Waals surface area contributed by atoms with E-state index in [1.807, 2.05) is 18.0 Å². The van der Waals surface area contributed by atoms with E-state index in [-0.39, 0.29) is 6.10 Å². The van der Waals surface area contributed by atoms with Crippen molar-refractivity contribution >= 4 is 5.82 Å². The third kappa shape index (κ3) is 3.79. The van der Waals surface area contributed by atoms with Gasteiger partial charge >= 0.3 is 0 Å². The molecule has 0 fully saturated rings. The molecule has 2 N–H and O–H groups in total. The van der Waals surface area contributed by atoms with E-state index in [0.29, 0.717) is 6.42 Å². The maximum Gasteiger partial charge on any atom is 0.128 e. The number of hydrogen-bond donors (Lipinski definition) is 2. The Bertz CT molecular complexity index is 327. The van der Waals surface area contributed by atoms with Crippen molar-refractivity contribution in [3.8, 4) is 0 Å². The fourth-order valence-electron chi connectivity index (χ4n) is 1.40. The predicted octanol–water partition coefficient (Wildman–Crippen LogP) is 1.34. The quantitative estimate of drug-likeness (QED) is 0.792. The van der Waals surface area contributed by atoms with Crippen molar-refractivity contribution in [2.75, 3.05) is 18.5 Å². The fourth-order valence-corrected chi connectivity index (χ4v) is 1.40. The Kier molecular flexibility index (Phi) is 4.71. The van der Waals surface area contributed by atoms with Crippen molar-refractivity contribution in [3.05, 3.63) is 23.9 Å². The molecule has 0 bridgehead atoms. The second-order valence-corrected chi connectivity index (χ2v) is 4.18. The van der Waals surface area contributed by atoms with Crippen LogP contribution in [-0.2, 0) is 0 Å². The van der Waals surface area contributed by atoms with E-state index >= 15 is 0 Å². The number of rotatable bonds is 5. The van der Waals surface area contributed by atoms with E-state index in [0.717, 1.165) is 17.9 Å². The van der Waals surface area contributed by atoms with Crippen LogP contribution in [0, 0.1) is 0 Å². The summed E-state index contributed by atoms with van der Waals surface area (Å²) in [7, 11) is 1.93. The number of aliphatic hydroxyl groups is 2. The van der Waals surface area contributed by atoms with Crippen molar-refractivity contribution in [3.63, 3.8) is 0 Å². The molecule has 1 aromatic heterocycles. The number of anilines is 1. The summed E-state index contributed by atoms with van der Waals surface area (Å²) in [5.41, 5.74) is 0.855. The molecular weight excluding hydrogens is 204 g/mol. The Labute approximate surface area is 96.6 Å². The number of aliphatic hydroxyl groups excluding tert-OH is 2. The molecule has 1 aromatic rings. The van der Waals surface area contributed by atoms with Crippen LogP contribution in [0.25, 0.3) is 0 Å². The van der Waals surface area contributed by atoms with Crippen molar-refractivity contribution in [1.82, 2.24) is 4.98 Å². The van der Waals surface area contributed by atoms with Crippen LogP contribution in [0.3, 0.4) is 0 Å². The second kappa shape index (κ2) is 5.82. The molecule has 4 nitrogen and oxygen atoms in total. The first-order chi connectivity index (χ1) is 7.50. The summed E-state index contributed by atoms with van der Waals surface area (Å²) in [5, 5.41) is 18.7. The Balaban J connectivity index is 2.68. The van der Waals surface area contributed by atoms with Crippen LogP contribution in [0.2, 0.25) is 0 Å². The first-order valence-electron chi connectivity index (χ1n) is 5.54. The van der Waals surface area contributed by atoms with E-state index in [1.165, 1.54) is 0 Å². The van der Waals surface area contributed by atoms with Crippen LogP contribution in [0.5, 0.6) is 0 Å². The number of aromatic nitrogens is 1. The zero-order valence-electron chi connectivity index (χ0n) is 10.1. The molecule has 0 aliphatic rings. The highest BCUT2D eigenvalue weighted by Crippen LogP contribution is 2.17. The SMILES string of the molecule is CC(O)CCN(C)c1cc([C@@H](C)O)ccn1. The molecule has 0 saturated heterocycles. The highest BCUT2D eigenvalue weighted by molar-refractivity contribution is 5.40. The lowest BCUT2D eigenvalue weighted by Gasteiger charge is -2.19. The van der Waals surface area contributed by atoms with E-state index in [1.54, 1.807) is 26.1 Å². The van der Waals surface area contributed by atoms with Gasteiger partial charge in [0.05, 0.1) is 12.2 Å². The molecule has 16 heavy (non-hydrogen) atoms. The average molecular weight is 224 g/mol. The van der Waals surface area contributed by atoms with Gasteiger partial charge in [-0.15, -0.1) is 0 Å². The predicted molar refractivity (Wildman–Crippen MR) is 64.4 cm³/mol. The van der Waals surface area contributed by atoms with Crippen molar-refractivity contribution < 1.29 is 10.2 Å². The van der Waals surface area contributed by atoms with Crippen molar-refractivity contribution in [2.45, 2.75) is 32.5 Å². The molecule has 1 unspecified atom stereocenters. The van der Waals surface area contributed by atoms with Crippen LogP contribution in [-0.4, -0.2) is 34.9 Å². The molecule has 0 spiro atoms. The molecule has 2 atom stereocenters. The average Bonchev–Trinajstić information content (AvgIpc) is 2.26.